The van der Waals surface area contributed by atoms with Crippen LogP contribution in [-0.2, 0) is 17.9 Å². The van der Waals surface area contributed by atoms with Crippen LogP contribution in [0.1, 0.15) is 16.1 Å². The molecule has 2 aromatic carbocycles. The molecule has 1 aliphatic rings. The number of carbonyl (C=O) groups excluding carboxylic acids is 1. The summed E-state index contributed by atoms with van der Waals surface area (Å²) >= 11 is 1.75. The van der Waals surface area contributed by atoms with Crippen molar-refractivity contribution in [1.82, 2.24) is 20.1 Å². The number of hydrogen-bond donors (Lipinski definition) is 1. The van der Waals surface area contributed by atoms with E-state index in [1.54, 1.807) is 24.3 Å². The van der Waals surface area contributed by atoms with Crippen LogP contribution >= 0.6 is 11.3 Å². The summed E-state index contributed by atoms with van der Waals surface area (Å²) in [7, 11) is 0. The number of piperazine rings is 1. The lowest BCUT2D eigenvalue weighted by Gasteiger charge is -2.33. The number of benzene rings is 2. The molecule has 29 heavy (non-hydrogen) atoms. The number of hydrogen-bond acceptors (Lipinski definition) is 5. The summed E-state index contributed by atoms with van der Waals surface area (Å²) < 4.78 is 14.8. The van der Waals surface area contributed by atoms with Gasteiger partial charge in [0.15, 0.2) is 0 Å². The molecule has 4 rings (SSSR count). The monoisotopic (exact) mass is 412 g/mol. The third kappa shape index (κ3) is 5.18. The predicted molar refractivity (Wildman–Crippen MR) is 114 cm³/mol. The van der Waals surface area contributed by atoms with Gasteiger partial charge >= 0.3 is 0 Å². The molecule has 0 aliphatic carbocycles. The van der Waals surface area contributed by atoms with Crippen LogP contribution in [0.2, 0.25) is 0 Å². The smallest absolute Gasteiger partial charge is 0.234 e. The van der Waals surface area contributed by atoms with Crippen LogP contribution in [0.5, 0.6) is 0 Å². The third-order valence-corrected chi connectivity index (χ3v) is 6.28. The first-order valence-electron chi connectivity index (χ1n) is 9.88. The Morgan fingerprint density at radius 2 is 1.90 bits per heavy atom. The van der Waals surface area contributed by atoms with Crippen molar-refractivity contribution in [3.05, 3.63) is 64.4 Å². The Labute approximate surface area is 174 Å². The van der Waals surface area contributed by atoms with Gasteiger partial charge in [-0.1, -0.05) is 24.3 Å². The molecule has 1 aliphatic heterocycles. The molecule has 1 fully saturated rings. The number of thiazole rings is 1. The van der Waals surface area contributed by atoms with Crippen LogP contribution in [0.4, 0.5) is 4.39 Å². The van der Waals surface area contributed by atoms with Gasteiger partial charge in [-0.25, -0.2) is 9.37 Å². The molecule has 2 heterocycles. The van der Waals surface area contributed by atoms with Crippen LogP contribution in [0.25, 0.3) is 10.2 Å². The van der Waals surface area contributed by atoms with E-state index in [-0.39, 0.29) is 11.7 Å². The molecule has 1 aromatic heterocycles. The number of aromatic nitrogens is 1. The van der Waals surface area contributed by atoms with E-state index in [2.05, 4.69) is 27.2 Å². The zero-order valence-electron chi connectivity index (χ0n) is 16.5. The quantitative estimate of drug-likeness (QED) is 0.676. The van der Waals surface area contributed by atoms with Crippen molar-refractivity contribution >= 4 is 27.5 Å². The summed E-state index contributed by atoms with van der Waals surface area (Å²) in [4.78, 5) is 21.5. The molecule has 1 amide bonds. The Balaban J connectivity index is 1.21. The van der Waals surface area contributed by atoms with Gasteiger partial charge in [-0.15, -0.1) is 11.3 Å². The van der Waals surface area contributed by atoms with Crippen molar-refractivity contribution in [2.24, 2.45) is 0 Å². The number of rotatable bonds is 6. The van der Waals surface area contributed by atoms with Crippen LogP contribution in [0.15, 0.2) is 42.5 Å². The highest BCUT2D eigenvalue weighted by Gasteiger charge is 2.20. The molecular weight excluding hydrogens is 387 g/mol. The largest absolute Gasteiger partial charge is 0.351 e. The second-order valence-corrected chi connectivity index (χ2v) is 8.60. The van der Waals surface area contributed by atoms with Gasteiger partial charge in [0.25, 0.3) is 0 Å². The Morgan fingerprint density at radius 1 is 1.14 bits per heavy atom. The topological polar surface area (TPSA) is 48.5 Å². The van der Waals surface area contributed by atoms with Crippen LogP contribution < -0.4 is 5.32 Å². The summed E-state index contributed by atoms with van der Waals surface area (Å²) in [6.45, 7) is 6.89. The highest BCUT2D eigenvalue weighted by Crippen LogP contribution is 2.23. The van der Waals surface area contributed by atoms with Crippen molar-refractivity contribution in [2.45, 2.75) is 20.0 Å². The minimum Gasteiger partial charge on any atom is -0.351 e. The van der Waals surface area contributed by atoms with Crippen molar-refractivity contribution in [2.75, 3.05) is 32.7 Å². The molecule has 0 bridgehead atoms. The zero-order chi connectivity index (χ0) is 20.2. The number of amides is 1. The van der Waals surface area contributed by atoms with E-state index >= 15 is 0 Å². The normalized spacial score (nSPS) is 15.7. The van der Waals surface area contributed by atoms with Gasteiger partial charge in [-0.05, 0) is 36.2 Å². The first kappa shape index (κ1) is 19.9. The highest BCUT2D eigenvalue weighted by molar-refractivity contribution is 7.18. The molecular formula is C22H25FN4OS. The van der Waals surface area contributed by atoms with Gasteiger partial charge in [0.1, 0.15) is 10.8 Å². The molecule has 152 valence electrons. The maximum absolute atomic E-state index is 13.6. The van der Waals surface area contributed by atoms with E-state index in [4.69, 9.17) is 4.98 Å². The van der Waals surface area contributed by atoms with Crippen molar-refractivity contribution in [3.63, 3.8) is 0 Å². The SMILES string of the molecule is Cc1ccc(CNC(=O)CN2CCN(Cc3nc4ccccc4s3)CC2)cc1F. The molecule has 1 saturated heterocycles. The fourth-order valence-corrected chi connectivity index (χ4v) is 4.50. The van der Waals surface area contributed by atoms with E-state index in [9.17, 15) is 9.18 Å². The number of para-hydroxylation sites is 1. The lowest BCUT2D eigenvalue weighted by Crippen LogP contribution is -2.49. The molecule has 5 nitrogen and oxygen atoms in total. The number of nitrogens with zero attached hydrogens (tertiary/aromatic N) is 3. The lowest BCUT2D eigenvalue weighted by atomic mass is 10.1. The molecule has 0 radical (unpaired) electrons. The van der Waals surface area contributed by atoms with Crippen LogP contribution in [0.3, 0.4) is 0 Å². The predicted octanol–water partition coefficient (Wildman–Crippen LogP) is 3.18. The third-order valence-electron chi connectivity index (χ3n) is 5.26. The molecule has 0 unspecified atom stereocenters. The van der Waals surface area contributed by atoms with E-state index < -0.39 is 0 Å². The van der Waals surface area contributed by atoms with Gasteiger partial charge in [0, 0.05) is 32.7 Å². The van der Waals surface area contributed by atoms with Crippen molar-refractivity contribution in [3.8, 4) is 0 Å². The Morgan fingerprint density at radius 3 is 2.66 bits per heavy atom. The molecule has 1 N–H and O–H groups in total. The number of aryl methyl sites for hydroxylation is 1. The number of fused-ring (bicyclic) bond motifs is 1. The first-order chi connectivity index (χ1) is 14.1. The highest BCUT2D eigenvalue weighted by atomic mass is 32.1. The van der Waals surface area contributed by atoms with E-state index in [0.717, 1.165) is 48.8 Å². The summed E-state index contributed by atoms with van der Waals surface area (Å²) in [6, 6.07) is 13.3. The Bertz CT molecular complexity index is 964. The molecule has 7 heteroatoms. The van der Waals surface area contributed by atoms with Gasteiger partial charge in [-0.2, -0.15) is 0 Å². The van der Waals surface area contributed by atoms with E-state index in [1.807, 2.05) is 18.2 Å². The summed E-state index contributed by atoms with van der Waals surface area (Å²) in [6.07, 6.45) is 0. The second kappa shape index (κ2) is 8.98. The van der Waals surface area contributed by atoms with E-state index in [1.165, 1.54) is 10.8 Å². The lowest BCUT2D eigenvalue weighted by molar-refractivity contribution is -0.122. The van der Waals surface area contributed by atoms with Gasteiger partial charge < -0.3 is 5.32 Å². The molecule has 0 atom stereocenters. The van der Waals surface area contributed by atoms with Crippen molar-refractivity contribution < 1.29 is 9.18 Å². The average Bonchev–Trinajstić information content (AvgIpc) is 3.13. The number of halogens is 1. The molecule has 0 saturated carbocycles. The van der Waals surface area contributed by atoms with Crippen LogP contribution in [-0.4, -0.2) is 53.4 Å². The van der Waals surface area contributed by atoms with Crippen LogP contribution in [0, 0.1) is 12.7 Å². The molecule has 3 aromatic rings. The fourth-order valence-electron chi connectivity index (χ4n) is 3.49. The average molecular weight is 413 g/mol. The zero-order valence-corrected chi connectivity index (χ0v) is 17.3. The Hall–Kier alpha value is -2.35. The van der Waals surface area contributed by atoms with Crippen molar-refractivity contribution in [1.29, 1.82) is 0 Å². The van der Waals surface area contributed by atoms with Gasteiger partial charge in [0.2, 0.25) is 5.91 Å². The summed E-state index contributed by atoms with van der Waals surface area (Å²) in [5.41, 5.74) is 2.46. The number of nitrogens with one attached hydrogen (secondary N) is 1. The molecule has 0 spiro atoms. The van der Waals surface area contributed by atoms with Gasteiger partial charge in [0.05, 0.1) is 23.3 Å². The maximum atomic E-state index is 13.6. The minimum absolute atomic E-state index is 0.0226. The van der Waals surface area contributed by atoms with E-state index in [0.29, 0.717) is 18.7 Å². The second-order valence-electron chi connectivity index (χ2n) is 7.49. The first-order valence-corrected chi connectivity index (χ1v) is 10.7. The summed E-state index contributed by atoms with van der Waals surface area (Å²) in [5, 5.41) is 4.03. The summed E-state index contributed by atoms with van der Waals surface area (Å²) in [5.74, 6) is -0.258. The standard InChI is InChI=1S/C22H25FN4OS/c1-16-6-7-17(12-18(16)23)13-24-21(28)14-26-8-10-27(11-9-26)15-22-25-19-4-2-3-5-20(19)29-22/h2-7,12H,8-11,13-15H2,1H3,(H,24,28). The Kier molecular flexibility index (Phi) is 6.18. The number of carbonyl (C=O) groups is 1. The minimum atomic E-state index is -0.235. The van der Waals surface area contributed by atoms with Gasteiger partial charge in [-0.3, -0.25) is 14.6 Å². The fraction of sp³-hybridized carbons (Fsp3) is 0.364. The maximum Gasteiger partial charge on any atom is 0.234 e.